The molecule has 2 nitrogen and oxygen atoms in total. The second kappa shape index (κ2) is 8.93. The maximum absolute atomic E-state index is 3.62. The first kappa shape index (κ1) is 16.9. The van der Waals surface area contributed by atoms with Gasteiger partial charge in [-0.1, -0.05) is 34.6 Å². The fourth-order valence-electron chi connectivity index (χ4n) is 2.30. The van der Waals surface area contributed by atoms with Crippen LogP contribution in [0.1, 0.15) is 60.3 Å². The van der Waals surface area contributed by atoms with E-state index < -0.39 is 0 Å². The topological polar surface area (TPSA) is 15.3 Å². The van der Waals surface area contributed by atoms with E-state index >= 15 is 0 Å². The quantitative estimate of drug-likeness (QED) is 0.665. The molecule has 0 bridgehead atoms. The third kappa shape index (κ3) is 10.8. The Morgan fingerprint density at radius 3 is 2.29 bits per heavy atom. The molecule has 0 aliphatic heterocycles. The van der Waals surface area contributed by atoms with Crippen molar-refractivity contribution in [2.75, 3.05) is 26.7 Å². The summed E-state index contributed by atoms with van der Waals surface area (Å²) in [7, 11) is 2.24. The van der Waals surface area contributed by atoms with Crippen molar-refractivity contribution in [1.29, 1.82) is 0 Å². The smallest absolute Gasteiger partial charge is 0.00649 e. The van der Waals surface area contributed by atoms with Crippen LogP contribution in [0.2, 0.25) is 0 Å². The van der Waals surface area contributed by atoms with Gasteiger partial charge in [0.05, 0.1) is 0 Å². The van der Waals surface area contributed by atoms with E-state index in [1.165, 1.54) is 38.8 Å². The summed E-state index contributed by atoms with van der Waals surface area (Å²) in [6.45, 7) is 15.0. The van der Waals surface area contributed by atoms with E-state index in [1.54, 1.807) is 0 Å². The summed E-state index contributed by atoms with van der Waals surface area (Å²) in [5, 5.41) is 3.62. The molecule has 2 heteroatoms. The largest absolute Gasteiger partial charge is 0.314 e. The maximum Gasteiger partial charge on any atom is 0.00649 e. The van der Waals surface area contributed by atoms with Crippen LogP contribution in [0, 0.1) is 5.41 Å². The molecule has 0 rings (SSSR count). The highest BCUT2D eigenvalue weighted by atomic mass is 15.1. The highest BCUT2D eigenvalue weighted by molar-refractivity contribution is 4.69. The molecule has 0 aromatic carbocycles. The van der Waals surface area contributed by atoms with Crippen molar-refractivity contribution in [2.24, 2.45) is 5.41 Å². The van der Waals surface area contributed by atoms with Crippen LogP contribution in [0.4, 0.5) is 0 Å². The first-order valence-corrected chi connectivity index (χ1v) is 7.31. The second-order valence-electron chi connectivity index (χ2n) is 6.50. The number of hydrogen-bond donors (Lipinski definition) is 1. The Morgan fingerprint density at radius 1 is 1.18 bits per heavy atom. The van der Waals surface area contributed by atoms with E-state index in [9.17, 15) is 0 Å². The minimum Gasteiger partial charge on any atom is -0.314 e. The van der Waals surface area contributed by atoms with Crippen LogP contribution in [0.25, 0.3) is 0 Å². The molecule has 0 aromatic rings. The first-order valence-electron chi connectivity index (χ1n) is 7.31. The lowest BCUT2D eigenvalue weighted by molar-refractivity contribution is 0.221. The molecule has 104 valence electrons. The number of rotatable bonds is 9. The standard InChI is InChI=1S/C15H34N2/c1-7-11-16-14(8-2)10-9-12-17(6)13-15(3,4)5/h14,16H,7-13H2,1-6H3. The predicted molar refractivity (Wildman–Crippen MR) is 78.6 cm³/mol. The minimum atomic E-state index is 0.416. The highest BCUT2D eigenvalue weighted by Crippen LogP contribution is 2.14. The van der Waals surface area contributed by atoms with Crippen molar-refractivity contribution < 1.29 is 0 Å². The van der Waals surface area contributed by atoms with E-state index in [4.69, 9.17) is 0 Å². The van der Waals surface area contributed by atoms with Crippen molar-refractivity contribution in [3.8, 4) is 0 Å². The van der Waals surface area contributed by atoms with Crippen molar-refractivity contribution in [1.82, 2.24) is 10.2 Å². The Hall–Kier alpha value is -0.0800. The zero-order valence-corrected chi connectivity index (χ0v) is 13.0. The Balaban J connectivity index is 3.66. The van der Waals surface area contributed by atoms with Gasteiger partial charge in [0, 0.05) is 12.6 Å². The van der Waals surface area contributed by atoms with Crippen molar-refractivity contribution in [2.45, 2.75) is 66.3 Å². The summed E-state index contributed by atoms with van der Waals surface area (Å²) >= 11 is 0. The third-order valence-corrected chi connectivity index (χ3v) is 3.01. The summed E-state index contributed by atoms with van der Waals surface area (Å²) in [5.74, 6) is 0. The molecule has 1 unspecified atom stereocenters. The predicted octanol–water partition coefficient (Wildman–Crippen LogP) is 3.52. The molecule has 0 spiro atoms. The molecule has 1 N–H and O–H groups in total. The summed E-state index contributed by atoms with van der Waals surface area (Å²) in [6, 6.07) is 0.720. The van der Waals surface area contributed by atoms with Gasteiger partial charge < -0.3 is 10.2 Å². The fraction of sp³-hybridized carbons (Fsp3) is 1.00. The van der Waals surface area contributed by atoms with E-state index in [-0.39, 0.29) is 0 Å². The monoisotopic (exact) mass is 242 g/mol. The Labute approximate surface area is 109 Å². The van der Waals surface area contributed by atoms with Crippen LogP contribution in [0.15, 0.2) is 0 Å². The Morgan fingerprint density at radius 2 is 1.82 bits per heavy atom. The van der Waals surface area contributed by atoms with Gasteiger partial charge >= 0.3 is 0 Å². The van der Waals surface area contributed by atoms with Gasteiger partial charge in [-0.05, 0) is 51.2 Å². The molecule has 0 aromatic heterocycles. The fourth-order valence-corrected chi connectivity index (χ4v) is 2.30. The number of nitrogens with zero attached hydrogens (tertiary/aromatic N) is 1. The van der Waals surface area contributed by atoms with Crippen LogP contribution in [0.3, 0.4) is 0 Å². The molecule has 0 saturated carbocycles. The van der Waals surface area contributed by atoms with E-state index in [2.05, 4.69) is 51.9 Å². The molecular weight excluding hydrogens is 208 g/mol. The van der Waals surface area contributed by atoms with Gasteiger partial charge in [-0.25, -0.2) is 0 Å². The van der Waals surface area contributed by atoms with Gasteiger partial charge in [-0.15, -0.1) is 0 Å². The minimum absolute atomic E-state index is 0.416. The normalized spacial score (nSPS) is 14.3. The average molecular weight is 242 g/mol. The number of nitrogens with one attached hydrogen (secondary N) is 1. The van der Waals surface area contributed by atoms with E-state index in [1.807, 2.05) is 0 Å². The molecular formula is C15H34N2. The molecule has 17 heavy (non-hydrogen) atoms. The Bertz CT molecular complexity index is 172. The van der Waals surface area contributed by atoms with Gasteiger partial charge in [0.25, 0.3) is 0 Å². The SMILES string of the molecule is CCCNC(CC)CCCN(C)CC(C)(C)C. The lowest BCUT2D eigenvalue weighted by atomic mass is 9.96. The van der Waals surface area contributed by atoms with Gasteiger partial charge in [0.15, 0.2) is 0 Å². The van der Waals surface area contributed by atoms with E-state index in [0.29, 0.717) is 5.41 Å². The third-order valence-electron chi connectivity index (χ3n) is 3.01. The van der Waals surface area contributed by atoms with Crippen molar-refractivity contribution in [3.05, 3.63) is 0 Å². The summed E-state index contributed by atoms with van der Waals surface area (Å²) in [6.07, 6.45) is 5.11. The molecule has 0 amide bonds. The van der Waals surface area contributed by atoms with Gasteiger partial charge in [0.1, 0.15) is 0 Å². The van der Waals surface area contributed by atoms with Gasteiger partial charge in [-0.2, -0.15) is 0 Å². The zero-order valence-electron chi connectivity index (χ0n) is 13.0. The first-order chi connectivity index (χ1) is 7.89. The molecule has 0 saturated heterocycles. The molecule has 0 heterocycles. The van der Waals surface area contributed by atoms with Crippen LogP contribution in [-0.2, 0) is 0 Å². The lowest BCUT2D eigenvalue weighted by Gasteiger charge is -2.27. The summed E-state index contributed by atoms with van der Waals surface area (Å²) in [5.41, 5.74) is 0.416. The molecule has 0 aliphatic carbocycles. The Kier molecular flexibility index (Phi) is 8.89. The van der Waals surface area contributed by atoms with Gasteiger partial charge in [0.2, 0.25) is 0 Å². The lowest BCUT2D eigenvalue weighted by Crippen LogP contribution is -2.32. The summed E-state index contributed by atoms with van der Waals surface area (Å²) < 4.78 is 0. The zero-order chi connectivity index (χ0) is 13.3. The van der Waals surface area contributed by atoms with E-state index in [0.717, 1.165) is 12.6 Å². The highest BCUT2D eigenvalue weighted by Gasteiger charge is 2.13. The average Bonchev–Trinajstić information content (AvgIpc) is 2.20. The maximum atomic E-state index is 3.62. The molecule has 0 radical (unpaired) electrons. The second-order valence-corrected chi connectivity index (χ2v) is 6.50. The van der Waals surface area contributed by atoms with Crippen LogP contribution < -0.4 is 5.32 Å². The van der Waals surface area contributed by atoms with Crippen LogP contribution in [0.5, 0.6) is 0 Å². The van der Waals surface area contributed by atoms with Crippen molar-refractivity contribution in [3.63, 3.8) is 0 Å². The van der Waals surface area contributed by atoms with Crippen molar-refractivity contribution >= 4 is 0 Å². The van der Waals surface area contributed by atoms with Crippen LogP contribution in [-0.4, -0.2) is 37.6 Å². The molecule has 1 atom stereocenters. The molecule has 0 aliphatic rings. The van der Waals surface area contributed by atoms with Crippen LogP contribution >= 0.6 is 0 Å². The number of hydrogen-bond acceptors (Lipinski definition) is 2. The molecule has 0 fully saturated rings. The summed E-state index contributed by atoms with van der Waals surface area (Å²) in [4.78, 5) is 2.46. The van der Waals surface area contributed by atoms with Gasteiger partial charge in [-0.3, -0.25) is 0 Å².